The zero-order valence-electron chi connectivity index (χ0n) is 9.12. The molecule has 0 bridgehead atoms. The lowest BCUT2D eigenvalue weighted by Crippen LogP contribution is -2.42. The molecule has 0 aromatic carbocycles. The van der Waals surface area contributed by atoms with E-state index in [9.17, 15) is 9.59 Å². The van der Waals surface area contributed by atoms with Crippen molar-refractivity contribution in [2.45, 2.75) is 25.1 Å². The van der Waals surface area contributed by atoms with Crippen LogP contribution in [0.15, 0.2) is 0 Å². The van der Waals surface area contributed by atoms with Gasteiger partial charge in [-0.2, -0.15) is 0 Å². The van der Waals surface area contributed by atoms with Gasteiger partial charge in [0.15, 0.2) is 0 Å². The number of alkyl halides is 1. The number of rotatable bonds is 2. The quantitative estimate of drug-likeness (QED) is 0.757. The van der Waals surface area contributed by atoms with Gasteiger partial charge < -0.3 is 10.2 Å². The SMILES string of the molecule is CC(C)C(Br)C(=O)N1CCCNC(=O)C1. The molecule has 1 aliphatic heterocycles. The molecule has 0 saturated carbocycles. The summed E-state index contributed by atoms with van der Waals surface area (Å²) in [6, 6.07) is 0. The van der Waals surface area contributed by atoms with Gasteiger partial charge in [0.2, 0.25) is 11.8 Å². The first-order valence-corrected chi connectivity index (χ1v) is 6.13. The average molecular weight is 277 g/mol. The normalized spacial score (nSPS) is 19.7. The van der Waals surface area contributed by atoms with Gasteiger partial charge >= 0.3 is 0 Å². The number of carbonyl (C=O) groups is 2. The van der Waals surface area contributed by atoms with Crippen LogP contribution in [0.5, 0.6) is 0 Å². The van der Waals surface area contributed by atoms with Gasteiger partial charge in [0.25, 0.3) is 0 Å². The van der Waals surface area contributed by atoms with Gasteiger partial charge in [-0.3, -0.25) is 9.59 Å². The predicted octanol–water partition coefficient (Wildman–Crippen LogP) is 0.754. The second-order valence-corrected chi connectivity index (χ2v) is 5.10. The Hall–Kier alpha value is -0.580. The summed E-state index contributed by atoms with van der Waals surface area (Å²) in [5.74, 6) is 0.190. The Morgan fingerprint density at radius 3 is 2.80 bits per heavy atom. The highest BCUT2D eigenvalue weighted by atomic mass is 79.9. The van der Waals surface area contributed by atoms with Crippen LogP contribution in [0.4, 0.5) is 0 Å². The number of carbonyl (C=O) groups excluding carboxylic acids is 2. The maximum atomic E-state index is 11.9. The van der Waals surface area contributed by atoms with E-state index in [0.717, 1.165) is 6.42 Å². The van der Waals surface area contributed by atoms with E-state index in [1.165, 1.54) is 0 Å². The number of hydrogen-bond acceptors (Lipinski definition) is 2. The van der Waals surface area contributed by atoms with E-state index in [0.29, 0.717) is 13.1 Å². The molecule has 1 rings (SSSR count). The van der Waals surface area contributed by atoms with Crippen molar-refractivity contribution in [3.05, 3.63) is 0 Å². The minimum atomic E-state index is -0.191. The lowest BCUT2D eigenvalue weighted by atomic mass is 10.1. The Bertz CT molecular complexity index is 256. The highest BCUT2D eigenvalue weighted by Crippen LogP contribution is 2.15. The molecule has 5 heteroatoms. The molecule has 4 nitrogen and oxygen atoms in total. The van der Waals surface area contributed by atoms with Crippen molar-refractivity contribution in [1.29, 1.82) is 0 Å². The van der Waals surface area contributed by atoms with E-state index in [-0.39, 0.29) is 29.1 Å². The molecular formula is C10H17BrN2O2. The summed E-state index contributed by atoms with van der Waals surface area (Å²) in [5, 5.41) is 2.75. The van der Waals surface area contributed by atoms with Crippen LogP contribution in [-0.2, 0) is 9.59 Å². The largest absolute Gasteiger partial charge is 0.354 e. The monoisotopic (exact) mass is 276 g/mol. The molecule has 1 fully saturated rings. The molecule has 1 saturated heterocycles. The highest BCUT2D eigenvalue weighted by Gasteiger charge is 2.26. The fourth-order valence-electron chi connectivity index (χ4n) is 1.45. The molecule has 2 amide bonds. The number of hydrogen-bond donors (Lipinski definition) is 1. The molecule has 1 heterocycles. The molecule has 0 spiro atoms. The molecule has 15 heavy (non-hydrogen) atoms. The Balaban J connectivity index is 2.61. The second-order valence-electron chi connectivity index (χ2n) is 4.11. The number of halogens is 1. The summed E-state index contributed by atoms with van der Waals surface area (Å²) in [4.78, 5) is 24.6. The van der Waals surface area contributed by atoms with Crippen molar-refractivity contribution in [1.82, 2.24) is 10.2 Å². The first kappa shape index (κ1) is 12.5. The average Bonchev–Trinajstić information content (AvgIpc) is 2.40. The van der Waals surface area contributed by atoms with Crippen molar-refractivity contribution in [2.24, 2.45) is 5.92 Å². The lowest BCUT2D eigenvalue weighted by Gasteiger charge is -2.23. The number of amides is 2. The standard InChI is InChI=1S/C10H17BrN2O2/c1-7(2)9(11)10(15)13-5-3-4-12-8(14)6-13/h7,9H,3-6H2,1-2H3,(H,12,14). The van der Waals surface area contributed by atoms with Crippen LogP contribution < -0.4 is 5.32 Å². The first-order valence-electron chi connectivity index (χ1n) is 5.22. The maximum Gasteiger partial charge on any atom is 0.239 e. The van der Waals surface area contributed by atoms with Gasteiger partial charge in [-0.1, -0.05) is 29.8 Å². The zero-order valence-corrected chi connectivity index (χ0v) is 10.7. The Kier molecular flexibility index (Phi) is 4.57. The van der Waals surface area contributed by atoms with Crippen molar-refractivity contribution >= 4 is 27.7 Å². The summed E-state index contributed by atoms with van der Waals surface area (Å²) in [6.45, 7) is 5.47. The third-order valence-corrected chi connectivity index (χ3v) is 3.84. The summed E-state index contributed by atoms with van der Waals surface area (Å²) < 4.78 is 0. The van der Waals surface area contributed by atoms with Gasteiger partial charge in [-0.15, -0.1) is 0 Å². The van der Waals surface area contributed by atoms with Crippen molar-refractivity contribution in [3.8, 4) is 0 Å². The summed E-state index contributed by atoms with van der Waals surface area (Å²) in [7, 11) is 0. The fraction of sp³-hybridized carbons (Fsp3) is 0.800. The van der Waals surface area contributed by atoms with Gasteiger partial charge in [0.05, 0.1) is 11.4 Å². The minimum absolute atomic E-state index is 0.0158. The van der Waals surface area contributed by atoms with Crippen molar-refractivity contribution < 1.29 is 9.59 Å². The topological polar surface area (TPSA) is 49.4 Å². The molecule has 1 N–H and O–H groups in total. The van der Waals surface area contributed by atoms with E-state index < -0.39 is 0 Å². The summed E-state index contributed by atoms with van der Waals surface area (Å²) in [6.07, 6.45) is 0.829. The maximum absolute atomic E-state index is 11.9. The summed E-state index contributed by atoms with van der Waals surface area (Å²) >= 11 is 3.37. The second kappa shape index (κ2) is 5.49. The van der Waals surface area contributed by atoms with E-state index in [1.807, 2.05) is 13.8 Å². The molecule has 1 aliphatic rings. The van der Waals surface area contributed by atoms with Crippen LogP contribution in [0.25, 0.3) is 0 Å². The van der Waals surface area contributed by atoms with E-state index in [2.05, 4.69) is 21.2 Å². The fourth-order valence-corrected chi connectivity index (χ4v) is 1.74. The Morgan fingerprint density at radius 1 is 1.53 bits per heavy atom. The van der Waals surface area contributed by atoms with Gasteiger partial charge in [0, 0.05) is 13.1 Å². The van der Waals surface area contributed by atoms with Crippen LogP contribution in [0.3, 0.4) is 0 Å². The molecule has 0 aromatic heterocycles. The molecule has 0 aliphatic carbocycles. The first-order chi connectivity index (χ1) is 7.02. The zero-order chi connectivity index (χ0) is 11.4. The molecule has 86 valence electrons. The van der Waals surface area contributed by atoms with Crippen LogP contribution in [-0.4, -0.2) is 41.2 Å². The van der Waals surface area contributed by atoms with Crippen LogP contribution in [0, 0.1) is 5.92 Å². The molecule has 1 atom stereocenters. The van der Waals surface area contributed by atoms with E-state index >= 15 is 0 Å². The van der Waals surface area contributed by atoms with Crippen molar-refractivity contribution in [3.63, 3.8) is 0 Å². The third kappa shape index (κ3) is 3.48. The minimum Gasteiger partial charge on any atom is -0.354 e. The van der Waals surface area contributed by atoms with Crippen LogP contribution >= 0.6 is 15.9 Å². The lowest BCUT2D eigenvalue weighted by molar-refractivity contribution is -0.135. The highest BCUT2D eigenvalue weighted by molar-refractivity contribution is 9.10. The summed E-state index contributed by atoms with van der Waals surface area (Å²) in [5.41, 5.74) is 0. The van der Waals surface area contributed by atoms with E-state index in [1.54, 1.807) is 4.90 Å². The molecule has 0 radical (unpaired) electrons. The molecule has 0 aromatic rings. The molecular weight excluding hydrogens is 260 g/mol. The Labute approximate surface area is 98.5 Å². The third-order valence-electron chi connectivity index (χ3n) is 2.39. The van der Waals surface area contributed by atoms with E-state index in [4.69, 9.17) is 0 Å². The smallest absolute Gasteiger partial charge is 0.239 e. The van der Waals surface area contributed by atoms with Crippen molar-refractivity contribution in [2.75, 3.05) is 19.6 Å². The van der Waals surface area contributed by atoms with Gasteiger partial charge in [-0.05, 0) is 12.3 Å². The van der Waals surface area contributed by atoms with Crippen LogP contribution in [0.1, 0.15) is 20.3 Å². The number of nitrogens with zero attached hydrogens (tertiary/aromatic N) is 1. The van der Waals surface area contributed by atoms with Gasteiger partial charge in [-0.25, -0.2) is 0 Å². The number of nitrogens with one attached hydrogen (secondary N) is 1. The molecule has 1 unspecified atom stereocenters. The predicted molar refractivity (Wildman–Crippen MR) is 61.8 cm³/mol. The van der Waals surface area contributed by atoms with Gasteiger partial charge in [0.1, 0.15) is 0 Å². The van der Waals surface area contributed by atoms with Crippen LogP contribution in [0.2, 0.25) is 0 Å². The Morgan fingerprint density at radius 2 is 2.20 bits per heavy atom.